The lowest BCUT2D eigenvalue weighted by Gasteiger charge is -2.23. The first-order chi connectivity index (χ1) is 15.7. The summed E-state index contributed by atoms with van der Waals surface area (Å²) in [4.78, 5) is 13.1. The van der Waals surface area contributed by atoms with Crippen LogP contribution in [0.4, 0.5) is 14.5 Å². The highest BCUT2D eigenvalue weighted by atomic mass is 32.2. The second-order valence-corrected chi connectivity index (χ2v) is 10.4. The first-order valence-corrected chi connectivity index (χ1v) is 12.6. The van der Waals surface area contributed by atoms with E-state index in [2.05, 4.69) is 15.7 Å². The lowest BCUT2D eigenvalue weighted by molar-refractivity contribution is 0.101. The number of amides is 1. The Morgan fingerprint density at radius 1 is 1.36 bits per heavy atom. The zero-order chi connectivity index (χ0) is 23.5. The van der Waals surface area contributed by atoms with E-state index >= 15 is 0 Å². The summed E-state index contributed by atoms with van der Waals surface area (Å²) in [5.74, 6) is -1.65. The first-order valence-electron chi connectivity index (χ1n) is 10.9. The normalized spacial score (nSPS) is 22.9. The number of anilines is 1. The van der Waals surface area contributed by atoms with Crippen molar-refractivity contribution in [3.05, 3.63) is 34.0 Å². The number of ether oxygens (including phenoxy) is 1. The Bertz CT molecular complexity index is 1240. The van der Waals surface area contributed by atoms with Crippen LogP contribution in [0, 0.1) is 4.78 Å². The zero-order valence-corrected chi connectivity index (χ0v) is 18.9. The molecule has 3 aliphatic rings. The number of carbonyl (C=O) groups excluding carboxylic acids is 1. The average Bonchev–Trinajstić information content (AvgIpc) is 3.48. The molecule has 9 nitrogen and oxygen atoms in total. The molecule has 0 saturated heterocycles. The number of nitrogens with one attached hydrogen (secondary N) is 3. The van der Waals surface area contributed by atoms with Crippen molar-refractivity contribution >= 4 is 21.5 Å². The van der Waals surface area contributed by atoms with Crippen LogP contribution < -0.4 is 20.5 Å². The summed E-state index contributed by atoms with van der Waals surface area (Å²) in [6.07, 6.45) is 0.711. The Labute approximate surface area is 190 Å². The summed E-state index contributed by atoms with van der Waals surface area (Å²) in [6, 6.07) is 1.91. The molecule has 0 saturated carbocycles. The van der Waals surface area contributed by atoms with Crippen LogP contribution >= 0.6 is 0 Å². The maximum Gasteiger partial charge on any atom is 0.277 e. The van der Waals surface area contributed by atoms with Crippen molar-refractivity contribution in [3.8, 4) is 5.88 Å². The number of rotatable bonds is 5. The van der Waals surface area contributed by atoms with Crippen LogP contribution in [-0.2, 0) is 35.7 Å². The predicted molar refractivity (Wildman–Crippen MR) is 117 cm³/mol. The standard InChI is InChI=1S/C21H26F2N6O3S/c1-26-12-8-29-21(32-9-12)18(33(24,25)31)17(28-29)20(30)27-16-13-4-2-3-10(13)7-11-5-6-14(15(11)16)19(22)23/h7,12,14,19,26H,2-6,8-9H2,1H3,(H,27,30)(H3,24,25,31)/t12?,14-/m1/s1. The third-order valence-corrected chi connectivity index (χ3v) is 7.74. The maximum absolute atomic E-state index is 13.8. The van der Waals surface area contributed by atoms with Crippen LogP contribution in [-0.4, -0.2) is 46.0 Å². The largest absolute Gasteiger partial charge is 0.475 e. The fourth-order valence-electron chi connectivity index (χ4n) is 5.21. The predicted octanol–water partition coefficient (Wildman–Crippen LogP) is 2.18. The van der Waals surface area contributed by atoms with E-state index in [1.807, 2.05) is 6.07 Å². The topological polar surface area (TPSA) is 135 Å². The second kappa shape index (κ2) is 8.03. The highest BCUT2D eigenvalue weighted by Gasteiger charge is 2.38. The minimum absolute atomic E-state index is 0.0307. The number of carbonyl (C=O) groups is 1. The molecule has 2 aliphatic carbocycles. The number of nitrogens with two attached hydrogens (primary N) is 1. The van der Waals surface area contributed by atoms with E-state index in [0.29, 0.717) is 37.1 Å². The number of fused-ring (bicyclic) bond motifs is 3. The molecule has 3 atom stereocenters. The molecular weight excluding hydrogens is 454 g/mol. The van der Waals surface area contributed by atoms with Crippen molar-refractivity contribution in [3.63, 3.8) is 0 Å². The fraction of sp³-hybridized carbons (Fsp3) is 0.524. The van der Waals surface area contributed by atoms with E-state index in [4.69, 9.17) is 14.7 Å². The van der Waals surface area contributed by atoms with Gasteiger partial charge in [-0.25, -0.2) is 27.6 Å². The third kappa shape index (κ3) is 3.69. The van der Waals surface area contributed by atoms with Gasteiger partial charge in [0.05, 0.1) is 12.6 Å². The van der Waals surface area contributed by atoms with Crippen LogP contribution in [0.3, 0.4) is 0 Å². The van der Waals surface area contributed by atoms with Crippen molar-refractivity contribution in [2.24, 2.45) is 5.14 Å². The third-order valence-electron chi connectivity index (χ3n) is 6.77. The molecule has 2 unspecified atom stereocenters. The molecule has 2 aromatic rings. The van der Waals surface area contributed by atoms with Gasteiger partial charge in [-0.05, 0) is 61.4 Å². The molecule has 0 bridgehead atoms. The molecule has 33 heavy (non-hydrogen) atoms. The van der Waals surface area contributed by atoms with E-state index in [1.54, 1.807) is 7.05 Å². The molecule has 5 N–H and O–H groups in total. The van der Waals surface area contributed by atoms with E-state index in [9.17, 15) is 17.8 Å². The Morgan fingerprint density at radius 2 is 2.15 bits per heavy atom. The van der Waals surface area contributed by atoms with Gasteiger partial charge in [-0.15, -0.1) is 0 Å². The van der Waals surface area contributed by atoms with Gasteiger partial charge in [0.25, 0.3) is 5.91 Å². The Kier molecular flexibility index (Phi) is 5.41. The molecule has 12 heteroatoms. The van der Waals surface area contributed by atoms with E-state index < -0.39 is 28.2 Å². The van der Waals surface area contributed by atoms with Crippen LogP contribution in [0.15, 0.2) is 11.0 Å². The number of benzene rings is 1. The van der Waals surface area contributed by atoms with Gasteiger partial charge in [-0.3, -0.25) is 4.79 Å². The molecule has 178 valence electrons. The number of aromatic nitrogens is 2. The van der Waals surface area contributed by atoms with Crippen molar-refractivity contribution in [2.45, 2.75) is 61.9 Å². The summed E-state index contributed by atoms with van der Waals surface area (Å²) in [5, 5.41) is 15.8. The molecule has 0 spiro atoms. The fourth-order valence-corrected chi connectivity index (χ4v) is 6.05. The second-order valence-electron chi connectivity index (χ2n) is 8.81. The van der Waals surface area contributed by atoms with Gasteiger partial charge >= 0.3 is 0 Å². The number of hydrogen-bond acceptors (Lipinski definition) is 6. The van der Waals surface area contributed by atoms with Gasteiger partial charge in [0, 0.05) is 11.6 Å². The minimum Gasteiger partial charge on any atom is -0.475 e. The molecule has 0 radical (unpaired) electrons. The van der Waals surface area contributed by atoms with Crippen LogP contribution in [0.2, 0.25) is 0 Å². The van der Waals surface area contributed by atoms with Crippen molar-refractivity contribution in [1.29, 1.82) is 4.78 Å². The van der Waals surface area contributed by atoms with Gasteiger partial charge in [-0.2, -0.15) is 5.10 Å². The molecule has 5 rings (SSSR count). The lowest BCUT2D eigenvalue weighted by Crippen LogP contribution is -2.40. The lowest BCUT2D eigenvalue weighted by atomic mass is 9.94. The van der Waals surface area contributed by atoms with Crippen LogP contribution in [0.1, 0.15) is 51.5 Å². The van der Waals surface area contributed by atoms with Crippen LogP contribution in [0.25, 0.3) is 0 Å². The Morgan fingerprint density at radius 3 is 2.85 bits per heavy atom. The number of nitrogens with zero attached hydrogens (tertiary/aromatic N) is 2. The van der Waals surface area contributed by atoms with Crippen molar-refractivity contribution < 1.29 is 22.5 Å². The Balaban J connectivity index is 1.59. The molecule has 0 fully saturated rings. The van der Waals surface area contributed by atoms with E-state index in [-0.39, 0.29) is 29.1 Å². The highest BCUT2D eigenvalue weighted by molar-refractivity contribution is 7.90. The number of halogens is 2. The zero-order valence-electron chi connectivity index (χ0n) is 18.1. The van der Waals surface area contributed by atoms with E-state index in [0.717, 1.165) is 29.5 Å². The van der Waals surface area contributed by atoms with Gasteiger partial charge in [0.1, 0.15) is 16.5 Å². The summed E-state index contributed by atoms with van der Waals surface area (Å²) >= 11 is 0. The van der Waals surface area contributed by atoms with Crippen molar-refractivity contribution in [1.82, 2.24) is 15.1 Å². The first kappa shape index (κ1) is 22.2. The summed E-state index contributed by atoms with van der Waals surface area (Å²) in [6.45, 7) is 0.576. The number of alkyl halides is 2. The summed E-state index contributed by atoms with van der Waals surface area (Å²) in [7, 11) is -2.10. The number of likely N-dealkylation sites (N-methyl/N-ethyl adjacent to an activating group) is 1. The molecule has 1 amide bonds. The SMILES string of the molecule is CNC1COc2c(S(=N)(N)=O)c(C(=O)Nc3c4c(cc5c3[C@H](C(F)F)CC5)CCC4)nn2C1. The molecule has 2 heterocycles. The van der Waals surface area contributed by atoms with Gasteiger partial charge in [-0.1, -0.05) is 6.07 Å². The van der Waals surface area contributed by atoms with Gasteiger partial charge in [0.15, 0.2) is 10.6 Å². The van der Waals surface area contributed by atoms with Gasteiger partial charge in [0.2, 0.25) is 12.3 Å². The average molecular weight is 481 g/mol. The smallest absolute Gasteiger partial charge is 0.277 e. The number of hydrogen-bond donors (Lipinski definition) is 4. The maximum atomic E-state index is 13.8. The molecular formula is C21H26F2N6O3S. The Hall–Kier alpha value is -2.57. The summed E-state index contributed by atoms with van der Waals surface area (Å²) in [5.41, 5.74) is 3.38. The highest BCUT2D eigenvalue weighted by Crippen LogP contribution is 2.46. The van der Waals surface area contributed by atoms with Crippen LogP contribution in [0.5, 0.6) is 5.88 Å². The minimum atomic E-state index is -3.85. The monoisotopic (exact) mass is 480 g/mol. The number of aryl methyl sites for hydroxylation is 2. The van der Waals surface area contributed by atoms with Crippen molar-refractivity contribution in [2.75, 3.05) is 19.0 Å². The molecule has 1 aliphatic heterocycles. The van der Waals surface area contributed by atoms with E-state index in [1.165, 1.54) is 4.68 Å². The summed E-state index contributed by atoms with van der Waals surface area (Å²) < 4.78 is 55.2. The molecule has 1 aromatic carbocycles. The molecule has 1 aromatic heterocycles. The van der Waals surface area contributed by atoms with Gasteiger partial charge < -0.3 is 15.4 Å². The quantitative estimate of drug-likeness (QED) is 0.520.